The molecule has 0 aromatic rings. The lowest BCUT2D eigenvalue weighted by Gasteiger charge is -2.31. The Kier molecular flexibility index (Phi) is 5.48. The molecule has 1 heterocycles. The van der Waals surface area contributed by atoms with E-state index < -0.39 is 0 Å². The van der Waals surface area contributed by atoms with Crippen molar-refractivity contribution in [2.24, 2.45) is 5.92 Å². The quantitative estimate of drug-likeness (QED) is 0.685. The van der Waals surface area contributed by atoms with Gasteiger partial charge in [-0.15, -0.1) is 0 Å². The van der Waals surface area contributed by atoms with Crippen LogP contribution < -0.4 is 0 Å². The highest BCUT2D eigenvalue weighted by molar-refractivity contribution is 4.86. The molecule has 0 saturated carbocycles. The molecule has 86 valence electrons. The molecule has 15 heavy (non-hydrogen) atoms. The highest BCUT2D eigenvalue weighted by atomic mass is 15.2. The van der Waals surface area contributed by atoms with Crippen LogP contribution in [-0.4, -0.2) is 36.0 Å². The van der Waals surface area contributed by atoms with E-state index in [4.69, 9.17) is 0 Å². The topological polar surface area (TPSA) is 6.48 Å². The fraction of sp³-hybridized carbons (Fsp3) is 0.692. The minimum absolute atomic E-state index is 0.873. The summed E-state index contributed by atoms with van der Waals surface area (Å²) in [7, 11) is 0. The van der Waals surface area contributed by atoms with Crippen LogP contribution in [0, 0.1) is 5.92 Å². The van der Waals surface area contributed by atoms with Gasteiger partial charge in [-0.05, 0) is 44.6 Å². The van der Waals surface area contributed by atoms with E-state index in [-0.39, 0.29) is 0 Å². The van der Waals surface area contributed by atoms with Crippen molar-refractivity contribution in [3.8, 4) is 0 Å². The maximum Gasteiger partial charge on any atom is 0.0346 e. The molecule has 0 amide bonds. The second-order valence-corrected chi connectivity index (χ2v) is 4.45. The Morgan fingerprint density at radius 2 is 2.33 bits per heavy atom. The Labute approximate surface area is 94.3 Å². The number of hydrogen-bond donors (Lipinski definition) is 0. The summed E-state index contributed by atoms with van der Waals surface area (Å²) in [5, 5.41) is 0. The van der Waals surface area contributed by atoms with Crippen LogP contribution in [0.4, 0.5) is 0 Å². The lowest BCUT2D eigenvalue weighted by Crippen LogP contribution is -2.38. The molecule has 2 heteroatoms. The van der Waals surface area contributed by atoms with E-state index in [1.165, 1.54) is 25.9 Å². The van der Waals surface area contributed by atoms with Gasteiger partial charge in [0.15, 0.2) is 0 Å². The Morgan fingerprint density at radius 3 is 2.93 bits per heavy atom. The molecular formula is C13H24N2. The van der Waals surface area contributed by atoms with Gasteiger partial charge in [0.25, 0.3) is 0 Å². The van der Waals surface area contributed by atoms with Crippen LogP contribution in [0.3, 0.4) is 0 Å². The largest absolute Gasteiger partial charge is 0.354 e. The van der Waals surface area contributed by atoms with Crippen molar-refractivity contribution >= 4 is 0 Å². The van der Waals surface area contributed by atoms with Crippen molar-refractivity contribution in [1.29, 1.82) is 0 Å². The standard InChI is InChI=1S/C13H24N2/c1-4-8-14(5-2)10-11-15-9-6-7-13(3)12-15/h4-5,8,13H,2,6-7,9-12H2,1,3H3/b8-4-. The van der Waals surface area contributed by atoms with Gasteiger partial charge in [-0.25, -0.2) is 0 Å². The molecule has 0 radical (unpaired) electrons. The zero-order chi connectivity index (χ0) is 11.1. The van der Waals surface area contributed by atoms with Crippen LogP contribution in [0.2, 0.25) is 0 Å². The molecule has 1 unspecified atom stereocenters. The van der Waals surface area contributed by atoms with E-state index >= 15 is 0 Å². The SMILES string of the molecule is C=CN(/C=C\C)CCN1CCCC(C)C1. The van der Waals surface area contributed by atoms with Gasteiger partial charge in [-0.1, -0.05) is 19.6 Å². The number of allylic oxidation sites excluding steroid dienone is 1. The lowest BCUT2D eigenvalue weighted by atomic mass is 10.0. The molecule has 0 N–H and O–H groups in total. The maximum absolute atomic E-state index is 3.81. The molecule has 0 bridgehead atoms. The second kappa shape index (κ2) is 6.67. The summed E-state index contributed by atoms with van der Waals surface area (Å²) in [4.78, 5) is 4.72. The number of likely N-dealkylation sites (tertiary alicyclic amines) is 1. The van der Waals surface area contributed by atoms with Gasteiger partial charge < -0.3 is 9.80 Å². The Morgan fingerprint density at radius 1 is 1.53 bits per heavy atom. The van der Waals surface area contributed by atoms with Gasteiger partial charge in [0.05, 0.1) is 0 Å². The number of piperidine rings is 1. The first kappa shape index (κ1) is 12.3. The first-order chi connectivity index (χ1) is 7.26. The van der Waals surface area contributed by atoms with Gasteiger partial charge in [0, 0.05) is 19.6 Å². The molecule has 0 aromatic heterocycles. The third kappa shape index (κ3) is 4.52. The van der Waals surface area contributed by atoms with Crippen LogP contribution in [0.15, 0.2) is 25.1 Å². The lowest BCUT2D eigenvalue weighted by molar-refractivity contribution is 0.176. The van der Waals surface area contributed by atoms with E-state index in [0.29, 0.717) is 0 Å². The fourth-order valence-electron chi connectivity index (χ4n) is 2.16. The summed E-state index contributed by atoms with van der Waals surface area (Å²) in [6, 6.07) is 0. The first-order valence-corrected chi connectivity index (χ1v) is 5.99. The summed E-state index contributed by atoms with van der Waals surface area (Å²) in [5.41, 5.74) is 0. The third-order valence-electron chi connectivity index (χ3n) is 2.99. The molecular weight excluding hydrogens is 184 g/mol. The average molecular weight is 208 g/mol. The zero-order valence-electron chi connectivity index (χ0n) is 10.2. The van der Waals surface area contributed by atoms with Crippen LogP contribution in [0.5, 0.6) is 0 Å². The molecule has 0 aliphatic carbocycles. The molecule has 0 spiro atoms. The van der Waals surface area contributed by atoms with Crippen LogP contribution in [0.1, 0.15) is 26.7 Å². The highest BCUT2D eigenvalue weighted by Gasteiger charge is 2.15. The normalized spacial score (nSPS) is 23.2. The summed E-state index contributed by atoms with van der Waals surface area (Å²) >= 11 is 0. The minimum atomic E-state index is 0.873. The molecule has 1 aliphatic rings. The van der Waals surface area contributed by atoms with Crippen molar-refractivity contribution in [1.82, 2.24) is 9.80 Å². The fourth-order valence-corrected chi connectivity index (χ4v) is 2.16. The molecule has 1 atom stereocenters. The predicted octanol–water partition coefficient (Wildman–Crippen LogP) is 2.70. The predicted molar refractivity (Wildman–Crippen MR) is 66.6 cm³/mol. The van der Waals surface area contributed by atoms with Gasteiger partial charge >= 0.3 is 0 Å². The van der Waals surface area contributed by atoms with Gasteiger partial charge in [0.1, 0.15) is 0 Å². The number of nitrogens with zero attached hydrogens (tertiary/aromatic N) is 2. The van der Waals surface area contributed by atoms with Crippen LogP contribution in [0.25, 0.3) is 0 Å². The van der Waals surface area contributed by atoms with Crippen molar-refractivity contribution in [3.05, 3.63) is 25.1 Å². The highest BCUT2D eigenvalue weighted by Crippen LogP contribution is 2.14. The van der Waals surface area contributed by atoms with E-state index in [1.54, 1.807) is 0 Å². The van der Waals surface area contributed by atoms with Crippen molar-refractivity contribution in [2.75, 3.05) is 26.2 Å². The second-order valence-electron chi connectivity index (χ2n) is 4.45. The smallest absolute Gasteiger partial charge is 0.0346 e. The Hall–Kier alpha value is -0.760. The molecule has 1 fully saturated rings. The van der Waals surface area contributed by atoms with Crippen molar-refractivity contribution in [2.45, 2.75) is 26.7 Å². The third-order valence-corrected chi connectivity index (χ3v) is 2.99. The van der Waals surface area contributed by atoms with Crippen LogP contribution in [-0.2, 0) is 0 Å². The van der Waals surface area contributed by atoms with Crippen LogP contribution >= 0.6 is 0 Å². The summed E-state index contributed by atoms with van der Waals surface area (Å²) in [6.45, 7) is 12.9. The first-order valence-electron chi connectivity index (χ1n) is 5.99. The van der Waals surface area contributed by atoms with Gasteiger partial charge in [-0.2, -0.15) is 0 Å². The van der Waals surface area contributed by atoms with E-state index in [9.17, 15) is 0 Å². The monoisotopic (exact) mass is 208 g/mol. The molecule has 1 rings (SSSR count). The summed E-state index contributed by atoms with van der Waals surface area (Å²) in [5.74, 6) is 0.873. The van der Waals surface area contributed by atoms with E-state index in [0.717, 1.165) is 19.0 Å². The molecule has 0 aromatic carbocycles. The summed E-state index contributed by atoms with van der Waals surface area (Å²) < 4.78 is 0. The zero-order valence-corrected chi connectivity index (χ0v) is 10.2. The molecule has 1 saturated heterocycles. The van der Waals surface area contributed by atoms with E-state index in [1.807, 2.05) is 13.1 Å². The molecule has 2 nitrogen and oxygen atoms in total. The number of rotatable bonds is 5. The minimum Gasteiger partial charge on any atom is -0.354 e. The van der Waals surface area contributed by atoms with Crippen molar-refractivity contribution < 1.29 is 0 Å². The van der Waals surface area contributed by atoms with Gasteiger partial charge in [-0.3, -0.25) is 0 Å². The Balaban J connectivity index is 2.25. The summed E-state index contributed by atoms with van der Waals surface area (Å²) in [6.07, 6.45) is 8.80. The average Bonchev–Trinajstić information content (AvgIpc) is 2.24. The van der Waals surface area contributed by atoms with Gasteiger partial charge in [0.2, 0.25) is 0 Å². The maximum atomic E-state index is 3.81. The Bertz CT molecular complexity index is 211. The number of hydrogen-bond acceptors (Lipinski definition) is 2. The van der Waals surface area contributed by atoms with E-state index in [2.05, 4.69) is 35.6 Å². The van der Waals surface area contributed by atoms with Crippen molar-refractivity contribution in [3.63, 3.8) is 0 Å². The molecule has 1 aliphatic heterocycles.